The maximum absolute atomic E-state index is 11.7. The van der Waals surface area contributed by atoms with Gasteiger partial charge in [0.15, 0.2) is 0 Å². The highest BCUT2D eigenvalue weighted by Crippen LogP contribution is 2.13. The van der Waals surface area contributed by atoms with Crippen LogP contribution in [-0.2, 0) is 17.8 Å². The van der Waals surface area contributed by atoms with Crippen LogP contribution in [0.3, 0.4) is 0 Å². The van der Waals surface area contributed by atoms with E-state index in [-0.39, 0.29) is 4.75 Å². The normalized spacial score (nSPS) is 13.1. The SMILES string of the molecule is CC(C)(C)[S@+]([O-])NCCCc1ccnc(C#N)c1. The lowest BCUT2D eigenvalue weighted by atomic mass is 10.1. The monoisotopic (exact) mass is 265 g/mol. The zero-order valence-corrected chi connectivity index (χ0v) is 11.9. The molecule has 0 saturated heterocycles. The van der Waals surface area contributed by atoms with Crippen LogP contribution in [0.15, 0.2) is 18.3 Å². The number of nitrogens with one attached hydrogen (secondary N) is 1. The molecule has 1 aromatic rings. The van der Waals surface area contributed by atoms with Crippen molar-refractivity contribution < 1.29 is 4.55 Å². The van der Waals surface area contributed by atoms with E-state index in [0.717, 1.165) is 18.4 Å². The fourth-order valence-electron chi connectivity index (χ4n) is 1.36. The molecule has 0 aliphatic rings. The van der Waals surface area contributed by atoms with Crippen molar-refractivity contribution in [3.63, 3.8) is 0 Å². The molecule has 1 rings (SSSR count). The summed E-state index contributed by atoms with van der Waals surface area (Å²) in [4.78, 5) is 3.92. The van der Waals surface area contributed by atoms with E-state index < -0.39 is 11.4 Å². The van der Waals surface area contributed by atoms with Crippen molar-refractivity contribution in [3.8, 4) is 6.07 Å². The van der Waals surface area contributed by atoms with Crippen LogP contribution >= 0.6 is 0 Å². The number of rotatable bonds is 5. The molecule has 4 nitrogen and oxygen atoms in total. The topological polar surface area (TPSA) is 71.8 Å². The standard InChI is InChI=1S/C13H19N3OS/c1-13(2,3)18(17)16-7-4-5-11-6-8-15-12(9-11)10-14/h6,8-9,16H,4-5,7H2,1-3H3/t18-/m0/s1. The summed E-state index contributed by atoms with van der Waals surface area (Å²) in [7, 11) is 0. The van der Waals surface area contributed by atoms with Gasteiger partial charge < -0.3 is 4.55 Å². The lowest BCUT2D eigenvalue weighted by Crippen LogP contribution is -2.39. The number of hydrogen-bond acceptors (Lipinski definition) is 4. The van der Waals surface area contributed by atoms with Gasteiger partial charge in [-0.05, 0) is 51.3 Å². The average Bonchev–Trinajstić information content (AvgIpc) is 2.33. The van der Waals surface area contributed by atoms with E-state index in [0.29, 0.717) is 12.2 Å². The maximum Gasteiger partial charge on any atom is 0.140 e. The first-order valence-electron chi connectivity index (χ1n) is 5.94. The van der Waals surface area contributed by atoms with Gasteiger partial charge in [0.1, 0.15) is 16.5 Å². The van der Waals surface area contributed by atoms with Gasteiger partial charge in [0.2, 0.25) is 0 Å². The van der Waals surface area contributed by atoms with Crippen molar-refractivity contribution >= 4 is 11.4 Å². The molecule has 0 amide bonds. The maximum atomic E-state index is 11.7. The predicted octanol–water partition coefficient (Wildman–Crippen LogP) is 1.94. The minimum Gasteiger partial charge on any atom is -0.598 e. The highest BCUT2D eigenvalue weighted by molar-refractivity contribution is 7.90. The van der Waals surface area contributed by atoms with E-state index in [1.165, 1.54) is 0 Å². The molecule has 0 bridgehead atoms. The highest BCUT2D eigenvalue weighted by atomic mass is 32.2. The Morgan fingerprint density at radius 1 is 1.50 bits per heavy atom. The lowest BCUT2D eigenvalue weighted by molar-refractivity contribution is 0.542. The number of aryl methyl sites for hydroxylation is 1. The van der Waals surface area contributed by atoms with Crippen LogP contribution in [0.25, 0.3) is 0 Å². The summed E-state index contributed by atoms with van der Waals surface area (Å²) in [5.74, 6) is 0. The van der Waals surface area contributed by atoms with E-state index in [4.69, 9.17) is 5.26 Å². The summed E-state index contributed by atoms with van der Waals surface area (Å²) in [6, 6.07) is 5.72. The van der Waals surface area contributed by atoms with Crippen molar-refractivity contribution in [1.29, 1.82) is 5.26 Å². The summed E-state index contributed by atoms with van der Waals surface area (Å²) < 4.78 is 14.5. The molecule has 0 spiro atoms. The molecule has 98 valence electrons. The first kappa shape index (κ1) is 15.0. The second-order valence-corrected chi connectivity index (χ2v) is 7.09. The second-order valence-electron chi connectivity index (χ2n) is 5.04. The molecule has 0 unspecified atom stereocenters. The average molecular weight is 265 g/mol. The third kappa shape index (κ3) is 5.05. The fraction of sp³-hybridized carbons (Fsp3) is 0.538. The van der Waals surface area contributed by atoms with E-state index >= 15 is 0 Å². The number of hydrogen-bond donors (Lipinski definition) is 1. The van der Waals surface area contributed by atoms with Crippen molar-refractivity contribution in [2.24, 2.45) is 0 Å². The van der Waals surface area contributed by atoms with Crippen LogP contribution < -0.4 is 4.72 Å². The van der Waals surface area contributed by atoms with Crippen molar-refractivity contribution in [2.45, 2.75) is 38.4 Å². The van der Waals surface area contributed by atoms with E-state index in [9.17, 15) is 4.55 Å². The van der Waals surface area contributed by atoms with Crippen LogP contribution in [0.5, 0.6) is 0 Å². The van der Waals surface area contributed by atoms with Crippen molar-refractivity contribution in [3.05, 3.63) is 29.6 Å². The molecular weight excluding hydrogens is 246 g/mol. The Morgan fingerprint density at radius 2 is 2.22 bits per heavy atom. The van der Waals surface area contributed by atoms with E-state index in [2.05, 4.69) is 9.71 Å². The Bertz CT molecular complexity index is 423. The van der Waals surface area contributed by atoms with Crippen molar-refractivity contribution in [2.75, 3.05) is 6.54 Å². The van der Waals surface area contributed by atoms with E-state index in [1.54, 1.807) is 12.3 Å². The van der Waals surface area contributed by atoms with Crippen LogP contribution in [0.2, 0.25) is 0 Å². The van der Waals surface area contributed by atoms with Crippen LogP contribution in [0.1, 0.15) is 38.4 Å². The molecular formula is C13H19N3OS. The van der Waals surface area contributed by atoms with Gasteiger partial charge >= 0.3 is 0 Å². The number of nitrogens with zero attached hydrogens (tertiary/aromatic N) is 2. The quantitative estimate of drug-likeness (QED) is 0.652. The molecule has 0 aliphatic heterocycles. The summed E-state index contributed by atoms with van der Waals surface area (Å²) in [5.41, 5.74) is 1.53. The Labute approximate surface area is 112 Å². The molecule has 0 aromatic carbocycles. The molecule has 0 radical (unpaired) electrons. The summed E-state index contributed by atoms with van der Waals surface area (Å²) in [5, 5.41) is 8.73. The third-order valence-electron chi connectivity index (χ3n) is 2.37. The molecule has 1 heterocycles. The zero-order chi connectivity index (χ0) is 13.6. The Balaban J connectivity index is 2.32. The van der Waals surface area contributed by atoms with Gasteiger partial charge in [0.05, 0.1) is 0 Å². The van der Waals surface area contributed by atoms with Gasteiger partial charge in [-0.25, -0.2) is 4.98 Å². The Hall–Kier alpha value is -1.09. The van der Waals surface area contributed by atoms with Gasteiger partial charge in [0.25, 0.3) is 0 Å². The molecule has 5 heteroatoms. The van der Waals surface area contributed by atoms with Gasteiger partial charge in [-0.2, -0.15) is 5.26 Å². The zero-order valence-electron chi connectivity index (χ0n) is 11.1. The first-order chi connectivity index (χ1) is 8.43. The molecule has 1 atom stereocenters. The molecule has 0 fully saturated rings. The minimum absolute atomic E-state index is 0.232. The number of pyridine rings is 1. The summed E-state index contributed by atoms with van der Waals surface area (Å²) >= 11 is -1.02. The molecule has 0 saturated carbocycles. The second kappa shape index (κ2) is 6.74. The summed E-state index contributed by atoms with van der Waals surface area (Å²) in [6.45, 7) is 6.53. The van der Waals surface area contributed by atoms with Crippen LogP contribution in [-0.4, -0.2) is 20.8 Å². The first-order valence-corrected chi connectivity index (χ1v) is 7.09. The van der Waals surface area contributed by atoms with E-state index in [1.807, 2.05) is 32.9 Å². The molecule has 0 aliphatic carbocycles. The van der Waals surface area contributed by atoms with Gasteiger partial charge in [-0.1, -0.05) is 0 Å². The van der Waals surface area contributed by atoms with Crippen LogP contribution in [0, 0.1) is 11.3 Å². The molecule has 1 aromatic heterocycles. The van der Waals surface area contributed by atoms with Crippen LogP contribution in [0.4, 0.5) is 0 Å². The smallest absolute Gasteiger partial charge is 0.140 e. The fourth-order valence-corrected chi connectivity index (χ4v) is 2.13. The number of aromatic nitrogens is 1. The Morgan fingerprint density at radius 3 is 2.83 bits per heavy atom. The highest BCUT2D eigenvalue weighted by Gasteiger charge is 2.25. The molecule has 1 N–H and O–H groups in total. The molecule has 18 heavy (non-hydrogen) atoms. The van der Waals surface area contributed by atoms with Gasteiger partial charge in [-0.3, -0.25) is 0 Å². The largest absolute Gasteiger partial charge is 0.598 e. The predicted molar refractivity (Wildman–Crippen MR) is 73.2 cm³/mol. The number of nitriles is 1. The lowest BCUT2D eigenvalue weighted by Gasteiger charge is -2.23. The van der Waals surface area contributed by atoms with Crippen molar-refractivity contribution in [1.82, 2.24) is 9.71 Å². The van der Waals surface area contributed by atoms with Gasteiger partial charge in [0, 0.05) is 24.1 Å². The Kier molecular flexibility index (Phi) is 5.60. The third-order valence-corrected chi connectivity index (χ3v) is 3.95. The van der Waals surface area contributed by atoms with Gasteiger partial charge in [-0.15, -0.1) is 4.72 Å². The minimum atomic E-state index is -1.02. The summed E-state index contributed by atoms with van der Waals surface area (Å²) in [6.07, 6.45) is 3.39.